The molecule has 0 bridgehead atoms. The summed E-state index contributed by atoms with van der Waals surface area (Å²) in [7, 11) is 0. The molecular weight excluding hydrogens is 304 g/mol. The molecule has 136 valence electrons. The van der Waals surface area contributed by atoms with Crippen LogP contribution in [0.15, 0.2) is 0 Å². The molecular formula is C16H30O7. The van der Waals surface area contributed by atoms with Gasteiger partial charge in [-0.05, 0) is 6.42 Å². The number of aldehydes is 1. The number of esters is 1. The molecule has 0 amide bonds. The molecule has 0 heterocycles. The third kappa shape index (κ3) is 10.4. The van der Waals surface area contributed by atoms with Crippen LogP contribution < -0.4 is 0 Å². The summed E-state index contributed by atoms with van der Waals surface area (Å²) in [5.41, 5.74) is 0. The van der Waals surface area contributed by atoms with Crippen molar-refractivity contribution >= 4 is 12.3 Å². The second-order valence-corrected chi connectivity index (χ2v) is 5.73. The van der Waals surface area contributed by atoms with Gasteiger partial charge in [0.25, 0.3) is 0 Å². The second-order valence-electron chi connectivity index (χ2n) is 5.73. The lowest BCUT2D eigenvalue weighted by Gasteiger charge is -2.23. The van der Waals surface area contributed by atoms with Crippen LogP contribution in [0.2, 0.25) is 0 Å². The molecule has 4 N–H and O–H groups in total. The summed E-state index contributed by atoms with van der Waals surface area (Å²) in [4.78, 5) is 21.8. The van der Waals surface area contributed by atoms with Crippen LogP contribution in [0, 0.1) is 0 Å². The van der Waals surface area contributed by atoms with E-state index in [9.17, 15) is 24.9 Å². The molecule has 0 fully saturated rings. The molecule has 0 radical (unpaired) electrons. The molecule has 7 heteroatoms. The van der Waals surface area contributed by atoms with E-state index in [0.29, 0.717) is 6.42 Å². The summed E-state index contributed by atoms with van der Waals surface area (Å²) in [6.07, 6.45) is 0.806. The van der Waals surface area contributed by atoms with Gasteiger partial charge in [-0.1, -0.05) is 45.4 Å². The number of aliphatic hydroxyl groups is 4. The van der Waals surface area contributed by atoms with E-state index in [2.05, 4.69) is 6.92 Å². The molecule has 0 unspecified atom stereocenters. The maximum atomic E-state index is 11.5. The predicted octanol–water partition coefficient (Wildman–Crippen LogP) is 0.313. The summed E-state index contributed by atoms with van der Waals surface area (Å²) in [5, 5.41) is 37.5. The Bertz CT molecular complexity index is 322. The van der Waals surface area contributed by atoms with Gasteiger partial charge < -0.3 is 30.0 Å². The number of rotatable bonds is 14. The molecule has 0 aromatic rings. The highest BCUT2D eigenvalue weighted by molar-refractivity contribution is 5.69. The van der Waals surface area contributed by atoms with Crippen LogP contribution in [0.5, 0.6) is 0 Å². The van der Waals surface area contributed by atoms with Gasteiger partial charge in [0.2, 0.25) is 0 Å². The van der Waals surface area contributed by atoms with E-state index in [1.165, 1.54) is 19.3 Å². The first-order valence-corrected chi connectivity index (χ1v) is 8.27. The number of carbonyl (C=O) groups excluding carboxylic acids is 2. The van der Waals surface area contributed by atoms with E-state index >= 15 is 0 Å². The SMILES string of the molecule is CCCCCCCCCC(=O)OC[C@@H](O)[C@@H](O)[C@@H](O)[C@H](O)C=O. The van der Waals surface area contributed by atoms with Gasteiger partial charge in [0.05, 0.1) is 0 Å². The van der Waals surface area contributed by atoms with Crippen LogP contribution in [-0.2, 0) is 14.3 Å². The van der Waals surface area contributed by atoms with Gasteiger partial charge >= 0.3 is 5.97 Å². The number of ether oxygens (including phenoxy) is 1. The molecule has 0 spiro atoms. The number of hydrogen-bond donors (Lipinski definition) is 4. The molecule has 0 rings (SSSR count). The topological polar surface area (TPSA) is 124 Å². The lowest BCUT2D eigenvalue weighted by molar-refractivity contribution is -0.156. The first kappa shape index (κ1) is 22.0. The Morgan fingerprint density at radius 1 is 0.957 bits per heavy atom. The first-order chi connectivity index (χ1) is 10.9. The Morgan fingerprint density at radius 2 is 1.52 bits per heavy atom. The van der Waals surface area contributed by atoms with Gasteiger partial charge in [-0.15, -0.1) is 0 Å². The van der Waals surface area contributed by atoms with E-state index in [0.717, 1.165) is 19.3 Å². The van der Waals surface area contributed by atoms with Crippen molar-refractivity contribution < 1.29 is 34.8 Å². The van der Waals surface area contributed by atoms with E-state index in [4.69, 9.17) is 9.84 Å². The molecule has 0 saturated carbocycles. The van der Waals surface area contributed by atoms with Gasteiger partial charge in [-0.25, -0.2) is 0 Å². The summed E-state index contributed by atoms with van der Waals surface area (Å²) >= 11 is 0. The van der Waals surface area contributed by atoms with Crippen molar-refractivity contribution in [3.05, 3.63) is 0 Å². The lowest BCUT2D eigenvalue weighted by Crippen LogP contribution is -2.46. The molecule has 0 aromatic carbocycles. The minimum Gasteiger partial charge on any atom is -0.463 e. The number of carbonyl (C=O) groups is 2. The minimum atomic E-state index is -1.83. The average Bonchev–Trinajstić information content (AvgIpc) is 2.56. The third-order valence-corrected chi connectivity index (χ3v) is 3.63. The second kappa shape index (κ2) is 13.4. The molecule has 7 nitrogen and oxygen atoms in total. The van der Waals surface area contributed by atoms with E-state index in [1.807, 2.05) is 0 Å². The van der Waals surface area contributed by atoms with Crippen LogP contribution in [0.4, 0.5) is 0 Å². The molecule has 0 aromatic heterocycles. The summed E-state index contributed by atoms with van der Waals surface area (Å²) in [6.45, 7) is 1.65. The zero-order valence-electron chi connectivity index (χ0n) is 13.8. The van der Waals surface area contributed by atoms with Crippen molar-refractivity contribution in [2.24, 2.45) is 0 Å². The number of unbranched alkanes of at least 4 members (excludes halogenated alkanes) is 6. The zero-order valence-corrected chi connectivity index (χ0v) is 13.8. The Hall–Kier alpha value is -1.02. The fraction of sp³-hybridized carbons (Fsp3) is 0.875. The first-order valence-electron chi connectivity index (χ1n) is 8.27. The van der Waals surface area contributed by atoms with E-state index in [1.54, 1.807) is 0 Å². The molecule has 4 atom stereocenters. The predicted molar refractivity (Wildman–Crippen MR) is 83.7 cm³/mol. The molecule has 23 heavy (non-hydrogen) atoms. The van der Waals surface area contributed by atoms with Gasteiger partial charge in [0, 0.05) is 6.42 Å². The van der Waals surface area contributed by atoms with Crippen molar-refractivity contribution in [1.82, 2.24) is 0 Å². The van der Waals surface area contributed by atoms with Crippen LogP contribution in [0.25, 0.3) is 0 Å². The standard InChI is InChI=1S/C16H30O7/c1-2-3-4-5-6-7-8-9-14(20)23-11-13(19)16(22)15(21)12(18)10-17/h10,12-13,15-16,18-19,21-22H,2-9,11H2,1H3/t12-,13-,15+,16-/m1/s1. The zero-order chi connectivity index (χ0) is 17.7. The Kier molecular flexibility index (Phi) is 12.8. The van der Waals surface area contributed by atoms with Gasteiger partial charge in [-0.3, -0.25) is 4.79 Å². The fourth-order valence-corrected chi connectivity index (χ4v) is 2.09. The fourth-order valence-electron chi connectivity index (χ4n) is 2.09. The number of hydrogen-bond acceptors (Lipinski definition) is 7. The highest BCUT2D eigenvalue weighted by atomic mass is 16.5. The van der Waals surface area contributed by atoms with Crippen molar-refractivity contribution in [2.45, 2.75) is 82.7 Å². The van der Waals surface area contributed by atoms with Crippen LogP contribution in [0.1, 0.15) is 58.3 Å². The van der Waals surface area contributed by atoms with Crippen molar-refractivity contribution in [3.63, 3.8) is 0 Å². The highest BCUT2D eigenvalue weighted by Gasteiger charge is 2.30. The Balaban J connectivity index is 3.77. The largest absolute Gasteiger partial charge is 0.463 e. The monoisotopic (exact) mass is 334 g/mol. The molecule has 0 saturated heterocycles. The smallest absolute Gasteiger partial charge is 0.305 e. The number of aliphatic hydroxyl groups excluding tert-OH is 4. The maximum Gasteiger partial charge on any atom is 0.305 e. The molecule has 0 aliphatic carbocycles. The van der Waals surface area contributed by atoms with Crippen LogP contribution >= 0.6 is 0 Å². The third-order valence-electron chi connectivity index (χ3n) is 3.63. The highest BCUT2D eigenvalue weighted by Crippen LogP contribution is 2.09. The average molecular weight is 334 g/mol. The van der Waals surface area contributed by atoms with Crippen molar-refractivity contribution in [3.8, 4) is 0 Å². The lowest BCUT2D eigenvalue weighted by atomic mass is 10.0. The van der Waals surface area contributed by atoms with Crippen LogP contribution in [0.3, 0.4) is 0 Å². The maximum absolute atomic E-state index is 11.5. The molecule has 0 aliphatic heterocycles. The van der Waals surface area contributed by atoms with Gasteiger partial charge in [0.1, 0.15) is 31.0 Å². The van der Waals surface area contributed by atoms with E-state index in [-0.39, 0.29) is 12.7 Å². The van der Waals surface area contributed by atoms with E-state index < -0.39 is 37.0 Å². The molecule has 0 aliphatic rings. The quantitative estimate of drug-likeness (QED) is 0.205. The van der Waals surface area contributed by atoms with Gasteiger partial charge in [-0.2, -0.15) is 0 Å². The van der Waals surface area contributed by atoms with Gasteiger partial charge in [0.15, 0.2) is 6.29 Å². The van der Waals surface area contributed by atoms with Crippen molar-refractivity contribution in [2.75, 3.05) is 6.61 Å². The minimum absolute atomic E-state index is 0.0487. The Labute approximate surface area is 137 Å². The summed E-state index contributed by atoms with van der Waals surface area (Å²) in [5.74, 6) is -0.491. The Morgan fingerprint density at radius 3 is 2.09 bits per heavy atom. The summed E-state index contributed by atoms with van der Waals surface area (Å²) in [6, 6.07) is 0. The van der Waals surface area contributed by atoms with Crippen molar-refractivity contribution in [1.29, 1.82) is 0 Å². The normalized spacial score (nSPS) is 16.4. The van der Waals surface area contributed by atoms with Crippen LogP contribution in [-0.4, -0.2) is 63.7 Å². The summed E-state index contributed by atoms with van der Waals surface area (Å²) < 4.78 is 4.80.